The fraction of sp³-hybridized carbons (Fsp3) is 1.00. The zero-order valence-corrected chi connectivity index (χ0v) is 41.2. The molecule has 0 heteroatoms. The minimum Gasteiger partial charge on any atom is -0.0654 e. The highest BCUT2D eigenvalue weighted by Crippen LogP contribution is 2.54. The molecule has 0 radical (unpaired) electrons. The molecule has 0 aromatic carbocycles. The Morgan fingerprint density at radius 1 is 0.491 bits per heavy atom. The molecule has 0 aromatic rings. The van der Waals surface area contributed by atoms with Crippen molar-refractivity contribution in [1.82, 2.24) is 0 Å². The van der Waals surface area contributed by atoms with Crippen LogP contribution in [0.4, 0.5) is 0 Å². The summed E-state index contributed by atoms with van der Waals surface area (Å²) in [6.07, 6.45) is 59.6. The van der Waals surface area contributed by atoms with Crippen LogP contribution < -0.4 is 0 Å². The highest BCUT2D eigenvalue weighted by Gasteiger charge is 2.43. The molecule has 3 aliphatic rings. The first-order chi connectivity index (χ1) is 27.6. The SMILES string of the molecule is CCCCC1CCCCC2CCCCCCCCCCCCCCC3CC(C)CCCCCCCC3(C(C)C)CCCCCCCC1(CC)CC(CC)C(C)(C)C2. The molecular formula is C57H110. The summed E-state index contributed by atoms with van der Waals surface area (Å²) in [4.78, 5) is 0. The van der Waals surface area contributed by atoms with E-state index >= 15 is 0 Å². The summed E-state index contributed by atoms with van der Waals surface area (Å²) in [6, 6.07) is 0. The first kappa shape index (κ1) is 51.4. The lowest BCUT2D eigenvalue weighted by Crippen LogP contribution is -2.37. The quantitative estimate of drug-likeness (QED) is 0.251. The summed E-state index contributed by atoms with van der Waals surface area (Å²) in [5.74, 6) is 5.49. The van der Waals surface area contributed by atoms with Crippen molar-refractivity contribution in [3.63, 3.8) is 0 Å². The molecule has 7 atom stereocenters. The molecule has 0 amide bonds. The molecule has 0 spiro atoms. The number of unbranched alkanes of at least 4 members (excludes halogenated alkanes) is 1. The summed E-state index contributed by atoms with van der Waals surface area (Å²) in [6.45, 7) is 21.1. The van der Waals surface area contributed by atoms with E-state index in [2.05, 4.69) is 55.4 Å². The summed E-state index contributed by atoms with van der Waals surface area (Å²) in [5.41, 5.74) is 1.61. The fourth-order valence-corrected chi connectivity index (χ4v) is 14.2. The molecule has 338 valence electrons. The van der Waals surface area contributed by atoms with Crippen LogP contribution in [-0.4, -0.2) is 0 Å². The maximum Gasteiger partial charge on any atom is -0.0246 e. The third-order valence-corrected chi connectivity index (χ3v) is 18.2. The van der Waals surface area contributed by atoms with Crippen molar-refractivity contribution in [2.24, 2.45) is 51.8 Å². The van der Waals surface area contributed by atoms with Gasteiger partial charge in [-0.15, -0.1) is 0 Å². The number of hydrogen-bond donors (Lipinski definition) is 0. The van der Waals surface area contributed by atoms with Gasteiger partial charge in [0.2, 0.25) is 0 Å². The molecule has 3 rings (SSSR count). The second kappa shape index (κ2) is 29.3. The monoisotopic (exact) mass is 795 g/mol. The summed E-state index contributed by atoms with van der Waals surface area (Å²) in [5, 5.41) is 0. The van der Waals surface area contributed by atoms with Crippen LogP contribution in [0.15, 0.2) is 0 Å². The third-order valence-electron chi connectivity index (χ3n) is 18.2. The van der Waals surface area contributed by atoms with Gasteiger partial charge in [-0.1, -0.05) is 254 Å². The van der Waals surface area contributed by atoms with Crippen LogP contribution in [0.3, 0.4) is 0 Å². The summed E-state index contributed by atoms with van der Waals surface area (Å²) >= 11 is 0. The molecule has 0 nitrogen and oxygen atoms in total. The molecule has 3 aliphatic carbocycles. The van der Waals surface area contributed by atoms with Gasteiger partial charge in [-0.3, -0.25) is 0 Å². The number of fused-ring (bicyclic) bond motifs is 6. The Balaban J connectivity index is 1.81. The maximum atomic E-state index is 2.73. The first-order valence-electron chi connectivity index (χ1n) is 27.6. The Morgan fingerprint density at radius 2 is 0.947 bits per heavy atom. The van der Waals surface area contributed by atoms with Crippen LogP contribution in [-0.2, 0) is 0 Å². The Hall–Kier alpha value is 0. The molecule has 57 heavy (non-hydrogen) atoms. The lowest BCUT2D eigenvalue weighted by molar-refractivity contribution is 0.0311. The third kappa shape index (κ3) is 18.5. The predicted octanol–water partition coefficient (Wildman–Crippen LogP) is 20.4. The average molecular weight is 796 g/mol. The van der Waals surface area contributed by atoms with E-state index in [1.807, 2.05) is 0 Å². The Morgan fingerprint density at radius 3 is 1.46 bits per heavy atom. The second-order valence-electron chi connectivity index (χ2n) is 23.0. The van der Waals surface area contributed by atoms with E-state index in [0.29, 0.717) is 16.2 Å². The van der Waals surface area contributed by atoms with Gasteiger partial charge in [0.1, 0.15) is 0 Å². The molecule has 0 N–H and O–H groups in total. The largest absolute Gasteiger partial charge is 0.0654 e. The van der Waals surface area contributed by atoms with E-state index in [-0.39, 0.29) is 0 Å². The Bertz CT molecular complexity index is 944. The van der Waals surface area contributed by atoms with Crippen LogP contribution in [0, 0.1) is 51.8 Å². The first-order valence-corrected chi connectivity index (χ1v) is 27.6. The van der Waals surface area contributed by atoms with Gasteiger partial charge in [0.05, 0.1) is 0 Å². The van der Waals surface area contributed by atoms with Crippen LogP contribution in [0.25, 0.3) is 0 Å². The van der Waals surface area contributed by atoms with E-state index in [9.17, 15) is 0 Å². The standard InChI is InChI=1S/C57H110/c1-9-12-40-53-41-33-32-39-51-38-30-24-19-17-15-13-14-16-18-20-25-31-42-54-46-50(6)37-29-23-21-27-35-44-57(54,49(4)5)45-36-28-22-26-34-43-56(53,11-3)48-52(10-2)55(7,8)47-51/h49-54H,9-48H2,1-8H3. The fourth-order valence-electron chi connectivity index (χ4n) is 14.2. The number of hydrogen-bond acceptors (Lipinski definition) is 0. The highest BCUT2D eigenvalue weighted by molar-refractivity contribution is 4.94. The van der Waals surface area contributed by atoms with Crippen LogP contribution in [0.2, 0.25) is 0 Å². The van der Waals surface area contributed by atoms with E-state index in [1.54, 1.807) is 0 Å². The molecule has 3 fully saturated rings. The average Bonchev–Trinajstić information content (AvgIpc) is 3.23. The molecule has 3 saturated carbocycles. The number of rotatable bonds is 6. The zero-order chi connectivity index (χ0) is 41.2. The lowest BCUT2D eigenvalue weighted by atomic mass is 9.58. The van der Waals surface area contributed by atoms with Gasteiger partial charge >= 0.3 is 0 Å². The van der Waals surface area contributed by atoms with Crippen molar-refractivity contribution in [3.8, 4) is 0 Å². The van der Waals surface area contributed by atoms with Gasteiger partial charge in [-0.05, 0) is 110 Å². The van der Waals surface area contributed by atoms with Crippen molar-refractivity contribution >= 4 is 0 Å². The molecule has 0 aliphatic heterocycles. The zero-order valence-electron chi connectivity index (χ0n) is 41.2. The van der Waals surface area contributed by atoms with Gasteiger partial charge < -0.3 is 0 Å². The Kier molecular flexibility index (Phi) is 26.4. The van der Waals surface area contributed by atoms with Crippen molar-refractivity contribution < 1.29 is 0 Å². The van der Waals surface area contributed by atoms with Crippen LogP contribution in [0.1, 0.15) is 312 Å². The van der Waals surface area contributed by atoms with Gasteiger partial charge in [-0.25, -0.2) is 0 Å². The smallest absolute Gasteiger partial charge is 0.0246 e. The molecule has 0 aromatic heterocycles. The molecule has 2 bridgehead atoms. The molecule has 7 unspecified atom stereocenters. The predicted molar refractivity (Wildman–Crippen MR) is 258 cm³/mol. The molecule has 0 saturated heterocycles. The van der Waals surface area contributed by atoms with Crippen molar-refractivity contribution in [1.29, 1.82) is 0 Å². The van der Waals surface area contributed by atoms with E-state index in [4.69, 9.17) is 0 Å². The highest BCUT2D eigenvalue weighted by atomic mass is 14.5. The second-order valence-corrected chi connectivity index (χ2v) is 23.0. The van der Waals surface area contributed by atoms with Crippen LogP contribution >= 0.6 is 0 Å². The minimum atomic E-state index is 0.469. The van der Waals surface area contributed by atoms with Crippen molar-refractivity contribution in [2.45, 2.75) is 312 Å². The van der Waals surface area contributed by atoms with Gasteiger partial charge in [0, 0.05) is 0 Å². The van der Waals surface area contributed by atoms with E-state index < -0.39 is 0 Å². The van der Waals surface area contributed by atoms with Gasteiger partial charge in [0.15, 0.2) is 0 Å². The maximum absolute atomic E-state index is 2.73. The van der Waals surface area contributed by atoms with E-state index in [0.717, 1.165) is 35.5 Å². The van der Waals surface area contributed by atoms with Crippen molar-refractivity contribution in [3.05, 3.63) is 0 Å². The van der Waals surface area contributed by atoms with Crippen molar-refractivity contribution in [2.75, 3.05) is 0 Å². The summed E-state index contributed by atoms with van der Waals surface area (Å²) in [7, 11) is 0. The normalized spacial score (nSPS) is 34.6. The molecule has 0 heterocycles. The minimum absolute atomic E-state index is 0.469. The Labute approximate surface area is 362 Å². The van der Waals surface area contributed by atoms with Gasteiger partial charge in [0.25, 0.3) is 0 Å². The lowest BCUT2D eigenvalue weighted by Gasteiger charge is -2.47. The topological polar surface area (TPSA) is 0 Å². The summed E-state index contributed by atoms with van der Waals surface area (Å²) < 4.78 is 0. The molecular weight excluding hydrogens is 685 g/mol. The van der Waals surface area contributed by atoms with E-state index in [1.165, 1.54) is 257 Å². The van der Waals surface area contributed by atoms with Gasteiger partial charge in [-0.2, -0.15) is 0 Å². The van der Waals surface area contributed by atoms with Crippen LogP contribution in [0.5, 0.6) is 0 Å².